The Morgan fingerprint density at radius 1 is 1.17 bits per heavy atom. The predicted molar refractivity (Wildman–Crippen MR) is 72.2 cm³/mol. The second-order valence-electron chi connectivity index (χ2n) is 4.52. The minimum Gasteiger partial charge on any atom is -0.445 e. The Morgan fingerprint density at radius 3 is 2.33 bits per heavy atom. The molecule has 5 heteroatoms. The van der Waals surface area contributed by atoms with E-state index in [2.05, 4.69) is 0 Å². The van der Waals surface area contributed by atoms with E-state index in [0.29, 0.717) is 12.2 Å². The van der Waals surface area contributed by atoms with E-state index < -0.39 is 0 Å². The lowest BCUT2D eigenvalue weighted by Gasteiger charge is -2.19. The van der Waals surface area contributed by atoms with Crippen LogP contribution in [-0.2, 0) is 11.3 Å². The van der Waals surface area contributed by atoms with E-state index >= 15 is 0 Å². The fourth-order valence-electron chi connectivity index (χ4n) is 1.31. The Hall–Kier alpha value is -1.75. The first kappa shape index (κ1) is 14.3. The van der Waals surface area contributed by atoms with Gasteiger partial charge in [0.1, 0.15) is 6.61 Å². The van der Waals surface area contributed by atoms with Crippen LogP contribution in [0.2, 0.25) is 0 Å². The summed E-state index contributed by atoms with van der Waals surface area (Å²) in [6.07, 6.45) is -0.311. The smallest absolute Gasteiger partial charge is 0.409 e. The molecule has 0 saturated heterocycles. The van der Waals surface area contributed by atoms with Gasteiger partial charge in [-0.25, -0.2) is 4.79 Å². The second-order valence-corrected chi connectivity index (χ2v) is 4.52. The number of carbonyl (C=O) groups is 1. The minimum absolute atomic E-state index is 0.269. The average molecular weight is 251 g/mol. The number of anilines is 1. The number of hydrogen-bond donors (Lipinski definition) is 1. The molecule has 0 saturated carbocycles. The summed E-state index contributed by atoms with van der Waals surface area (Å²) in [5.74, 6) is 0. The zero-order valence-electron chi connectivity index (χ0n) is 11.2. The van der Waals surface area contributed by atoms with Crippen LogP contribution in [0, 0.1) is 0 Å². The molecule has 2 N–H and O–H groups in total. The molecule has 0 unspecified atom stereocenters. The van der Waals surface area contributed by atoms with Gasteiger partial charge in [0.2, 0.25) is 0 Å². The molecule has 18 heavy (non-hydrogen) atoms. The molecule has 5 nitrogen and oxygen atoms in total. The second kappa shape index (κ2) is 6.86. The number of rotatable bonds is 5. The summed E-state index contributed by atoms with van der Waals surface area (Å²) in [4.78, 5) is 15.2. The molecule has 1 aromatic rings. The molecule has 0 radical (unpaired) electrons. The molecule has 0 bridgehead atoms. The molecular weight excluding hydrogens is 230 g/mol. The molecule has 0 fully saturated rings. The summed E-state index contributed by atoms with van der Waals surface area (Å²) in [5, 5.41) is 0. The van der Waals surface area contributed by atoms with Gasteiger partial charge in [0.25, 0.3) is 0 Å². The van der Waals surface area contributed by atoms with Gasteiger partial charge in [-0.2, -0.15) is 0 Å². The number of hydrogen-bond acceptors (Lipinski definition) is 4. The minimum atomic E-state index is -0.311. The van der Waals surface area contributed by atoms with Crippen molar-refractivity contribution in [3.63, 3.8) is 0 Å². The fraction of sp³-hybridized carbons (Fsp3) is 0.462. The molecule has 0 aliphatic heterocycles. The standard InChI is InChI=1S/C13H21N3O2/c1-15(2)8-9-16(3)13(17)18-10-11-4-6-12(14)7-5-11/h4-7H,8-10,14H2,1-3H3. The number of ether oxygens (including phenoxy) is 1. The summed E-state index contributed by atoms with van der Waals surface area (Å²) >= 11 is 0. The van der Waals surface area contributed by atoms with Crippen LogP contribution in [0.4, 0.5) is 10.5 Å². The third-order valence-electron chi connectivity index (χ3n) is 2.54. The van der Waals surface area contributed by atoms with E-state index in [4.69, 9.17) is 10.5 Å². The lowest BCUT2D eigenvalue weighted by molar-refractivity contribution is 0.102. The molecular formula is C13H21N3O2. The first-order chi connectivity index (χ1) is 8.49. The summed E-state index contributed by atoms with van der Waals surface area (Å²) in [5.41, 5.74) is 7.21. The van der Waals surface area contributed by atoms with Crippen LogP contribution in [0.25, 0.3) is 0 Å². The Balaban J connectivity index is 2.34. The van der Waals surface area contributed by atoms with Crippen molar-refractivity contribution in [3.8, 4) is 0 Å². The topological polar surface area (TPSA) is 58.8 Å². The highest BCUT2D eigenvalue weighted by atomic mass is 16.6. The van der Waals surface area contributed by atoms with Crippen LogP contribution in [0.3, 0.4) is 0 Å². The fourth-order valence-corrected chi connectivity index (χ4v) is 1.31. The zero-order chi connectivity index (χ0) is 13.5. The number of nitrogens with two attached hydrogens (primary N) is 1. The van der Waals surface area contributed by atoms with Crippen LogP contribution in [0.15, 0.2) is 24.3 Å². The van der Waals surface area contributed by atoms with Crippen LogP contribution in [-0.4, -0.2) is 50.1 Å². The molecule has 1 aromatic carbocycles. The van der Waals surface area contributed by atoms with Crippen molar-refractivity contribution in [1.29, 1.82) is 0 Å². The van der Waals surface area contributed by atoms with Crippen LogP contribution in [0.5, 0.6) is 0 Å². The average Bonchev–Trinajstić information content (AvgIpc) is 2.34. The highest BCUT2D eigenvalue weighted by Gasteiger charge is 2.09. The summed E-state index contributed by atoms with van der Waals surface area (Å²) in [7, 11) is 5.66. The van der Waals surface area contributed by atoms with Crippen molar-refractivity contribution >= 4 is 11.8 Å². The van der Waals surface area contributed by atoms with Crippen molar-refractivity contribution < 1.29 is 9.53 Å². The maximum absolute atomic E-state index is 11.7. The lowest BCUT2D eigenvalue weighted by Crippen LogP contribution is -2.33. The number of benzene rings is 1. The van der Waals surface area contributed by atoms with E-state index in [1.807, 2.05) is 31.1 Å². The summed E-state index contributed by atoms with van der Waals surface area (Å²) in [6.45, 7) is 1.73. The molecule has 0 heterocycles. The van der Waals surface area contributed by atoms with Gasteiger partial charge in [0.05, 0.1) is 0 Å². The third kappa shape index (κ3) is 5.05. The molecule has 100 valence electrons. The molecule has 0 aliphatic carbocycles. The molecule has 1 rings (SSSR count). The van der Waals surface area contributed by atoms with E-state index in [9.17, 15) is 4.79 Å². The quantitative estimate of drug-likeness (QED) is 0.804. The van der Waals surface area contributed by atoms with Crippen LogP contribution >= 0.6 is 0 Å². The van der Waals surface area contributed by atoms with Crippen molar-refractivity contribution in [2.24, 2.45) is 0 Å². The van der Waals surface area contributed by atoms with Crippen molar-refractivity contribution in [3.05, 3.63) is 29.8 Å². The highest BCUT2D eigenvalue weighted by Crippen LogP contribution is 2.07. The largest absolute Gasteiger partial charge is 0.445 e. The Labute approximate surface area is 108 Å². The highest BCUT2D eigenvalue weighted by molar-refractivity contribution is 5.67. The van der Waals surface area contributed by atoms with Gasteiger partial charge in [0, 0.05) is 25.8 Å². The van der Waals surface area contributed by atoms with Gasteiger partial charge >= 0.3 is 6.09 Å². The number of amides is 1. The lowest BCUT2D eigenvalue weighted by atomic mass is 10.2. The SMILES string of the molecule is CN(C)CCN(C)C(=O)OCc1ccc(N)cc1. The monoisotopic (exact) mass is 251 g/mol. The van der Waals surface area contributed by atoms with Gasteiger partial charge in [-0.1, -0.05) is 12.1 Å². The third-order valence-corrected chi connectivity index (χ3v) is 2.54. The van der Waals surface area contributed by atoms with Crippen molar-refractivity contribution in [2.75, 3.05) is 40.0 Å². The molecule has 1 amide bonds. The zero-order valence-corrected chi connectivity index (χ0v) is 11.2. The molecule has 0 aliphatic rings. The normalized spacial score (nSPS) is 10.4. The maximum Gasteiger partial charge on any atom is 0.409 e. The number of carbonyl (C=O) groups excluding carboxylic acids is 1. The van der Waals surface area contributed by atoms with Gasteiger partial charge in [-0.3, -0.25) is 0 Å². The molecule has 0 aromatic heterocycles. The van der Waals surface area contributed by atoms with Crippen LogP contribution in [0.1, 0.15) is 5.56 Å². The van der Waals surface area contributed by atoms with E-state index in [1.54, 1.807) is 24.1 Å². The van der Waals surface area contributed by atoms with Crippen molar-refractivity contribution in [2.45, 2.75) is 6.61 Å². The van der Waals surface area contributed by atoms with Crippen LogP contribution < -0.4 is 5.73 Å². The van der Waals surface area contributed by atoms with E-state index in [0.717, 1.165) is 12.1 Å². The molecule has 0 spiro atoms. The van der Waals surface area contributed by atoms with Gasteiger partial charge in [-0.05, 0) is 31.8 Å². The Kier molecular flexibility index (Phi) is 5.45. The molecule has 0 atom stereocenters. The Bertz CT molecular complexity index is 376. The van der Waals surface area contributed by atoms with E-state index in [-0.39, 0.29) is 12.7 Å². The summed E-state index contributed by atoms with van der Waals surface area (Å²) < 4.78 is 5.19. The van der Waals surface area contributed by atoms with E-state index in [1.165, 1.54) is 0 Å². The predicted octanol–water partition coefficient (Wildman–Crippen LogP) is 1.40. The number of likely N-dealkylation sites (N-methyl/N-ethyl adjacent to an activating group) is 2. The van der Waals surface area contributed by atoms with Gasteiger partial charge in [0.15, 0.2) is 0 Å². The maximum atomic E-state index is 11.7. The van der Waals surface area contributed by atoms with Gasteiger partial charge in [-0.15, -0.1) is 0 Å². The number of nitrogen functional groups attached to an aromatic ring is 1. The Morgan fingerprint density at radius 2 is 1.78 bits per heavy atom. The first-order valence-electron chi connectivity index (χ1n) is 5.86. The van der Waals surface area contributed by atoms with Gasteiger partial charge < -0.3 is 20.3 Å². The number of nitrogens with zero attached hydrogens (tertiary/aromatic N) is 2. The first-order valence-corrected chi connectivity index (χ1v) is 5.86. The van der Waals surface area contributed by atoms with Crippen molar-refractivity contribution in [1.82, 2.24) is 9.80 Å². The summed E-state index contributed by atoms with van der Waals surface area (Å²) in [6, 6.07) is 7.28.